The molecule has 176 valence electrons. The third-order valence-corrected chi connectivity index (χ3v) is 7.87. The van der Waals surface area contributed by atoms with Crippen LogP contribution in [0.4, 0.5) is 5.13 Å². The molecule has 6 rings (SSSR count). The molecule has 0 unspecified atom stereocenters. The summed E-state index contributed by atoms with van der Waals surface area (Å²) in [4.78, 5) is 34.7. The molecule has 7 nitrogen and oxygen atoms in total. The number of thiazole rings is 1. The van der Waals surface area contributed by atoms with Crippen LogP contribution >= 0.6 is 11.3 Å². The van der Waals surface area contributed by atoms with E-state index in [0.717, 1.165) is 42.8 Å². The second-order valence-electron chi connectivity index (χ2n) is 8.68. The van der Waals surface area contributed by atoms with Gasteiger partial charge in [-0.1, -0.05) is 47.7 Å². The standard InChI is InChI=1S/C27H23N3O4S/c1-16-7-9-22(33-2)23-24(16)35-27(28-23)30-13-11-29(12-14-30)25(31)20-15-19-18-6-4-3-5-17(18)8-10-21(19)34-26(20)32/h3-10,15H,11-14H2,1-2H3. The van der Waals surface area contributed by atoms with E-state index in [1.165, 1.54) is 0 Å². The summed E-state index contributed by atoms with van der Waals surface area (Å²) < 4.78 is 12.1. The quantitative estimate of drug-likeness (QED) is 0.269. The maximum absolute atomic E-state index is 13.3. The lowest BCUT2D eigenvalue weighted by Gasteiger charge is -2.34. The zero-order valence-electron chi connectivity index (χ0n) is 19.4. The number of anilines is 1. The summed E-state index contributed by atoms with van der Waals surface area (Å²) in [7, 11) is 1.65. The van der Waals surface area contributed by atoms with Crippen LogP contribution in [0.1, 0.15) is 15.9 Å². The number of aryl methyl sites for hydroxylation is 1. The van der Waals surface area contributed by atoms with E-state index < -0.39 is 5.63 Å². The van der Waals surface area contributed by atoms with Crippen molar-refractivity contribution >= 4 is 54.3 Å². The molecule has 0 aliphatic carbocycles. The highest BCUT2D eigenvalue weighted by atomic mass is 32.1. The summed E-state index contributed by atoms with van der Waals surface area (Å²) in [6.07, 6.45) is 0. The number of methoxy groups -OCH3 is 1. The zero-order valence-corrected chi connectivity index (χ0v) is 20.2. The van der Waals surface area contributed by atoms with Crippen LogP contribution in [0.2, 0.25) is 0 Å². The van der Waals surface area contributed by atoms with Crippen molar-refractivity contribution in [2.45, 2.75) is 6.92 Å². The molecule has 0 bridgehead atoms. The van der Waals surface area contributed by atoms with Crippen molar-refractivity contribution in [3.63, 3.8) is 0 Å². The Morgan fingerprint density at radius 2 is 1.83 bits per heavy atom. The first-order chi connectivity index (χ1) is 17.0. The minimum Gasteiger partial charge on any atom is -0.494 e. The molecule has 1 saturated heterocycles. The molecule has 35 heavy (non-hydrogen) atoms. The van der Waals surface area contributed by atoms with Crippen LogP contribution in [0.25, 0.3) is 32.0 Å². The van der Waals surface area contributed by atoms with Crippen LogP contribution in [-0.2, 0) is 0 Å². The van der Waals surface area contributed by atoms with Crippen molar-refractivity contribution in [2.24, 2.45) is 0 Å². The van der Waals surface area contributed by atoms with Crippen LogP contribution in [0, 0.1) is 6.92 Å². The highest BCUT2D eigenvalue weighted by Gasteiger charge is 2.27. The highest BCUT2D eigenvalue weighted by Crippen LogP contribution is 2.36. The van der Waals surface area contributed by atoms with Gasteiger partial charge in [-0.2, -0.15) is 0 Å². The molecule has 2 aromatic heterocycles. The summed E-state index contributed by atoms with van der Waals surface area (Å²) in [5.41, 5.74) is 1.98. The molecule has 3 heterocycles. The fourth-order valence-electron chi connectivity index (χ4n) is 4.69. The first-order valence-corrected chi connectivity index (χ1v) is 12.3. The van der Waals surface area contributed by atoms with Gasteiger partial charge in [0, 0.05) is 31.6 Å². The van der Waals surface area contributed by atoms with Crippen molar-refractivity contribution in [3.8, 4) is 5.75 Å². The topological polar surface area (TPSA) is 75.9 Å². The first-order valence-electron chi connectivity index (χ1n) is 11.5. The van der Waals surface area contributed by atoms with E-state index in [1.54, 1.807) is 35.5 Å². The van der Waals surface area contributed by atoms with E-state index in [0.29, 0.717) is 31.8 Å². The Hall–Kier alpha value is -3.91. The van der Waals surface area contributed by atoms with Crippen molar-refractivity contribution in [1.29, 1.82) is 0 Å². The van der Waals surface area contributed by atoms with Gasteiger partial charge >= 0.3 is 5.63 Å². The van der Waals surface area contributed by atoms with Gasteiger partial charge in [0.25, 0.3) is 5.91 Å². The normalized spacial score (nSPS) is 14.2. The number of benzene rings is 3. The number of carbonyl (C=O) groups excluding carboxylic acids is 1. The SMILES string of the molecule is COc1ccc(C)c2sc(N3CCN(C(=O)c4cc5c(ccc6ccccc65)oc4=O)CC3)nc12. The molecule has 3 aromatic carbocycles. The number of hydrogen-bond donors (Lipinski definition) is 0. The molecule has 1 aliphatic rings. The summed E-state index contributed by atoms with van der Waals surface area (Å²) in [6.45, 7) is 4.33. The van der Waals surface area contributed by atoms with Crippen LogP contribution in [-0.4, -0.2) is 49.1 Å². The highest BCUT2D eigenvalue weighted by molar-refractivity contribution is 7.22. The largest absolute Gasteiger partial charge is 0.494 e. The number of carbonyl (C=O) groups is 1. The predicted molar refractivity (Wildman–Crippen MR) is 139 cm³/mol. The fraction of sp³-hybridized carbons (Fsp3) is 0.222. The maximum atomic E-state index is 13.3. The van der Waals surface area contributed by atoms with E-state index in [-0.39, 0.29) is 11.5 Å². The van der Waals surface area contributed by atoms with Crippen molar-refractivity contribution in [1.82, 2.24) is 9.88 Å². The summed E-state index contributed by atoms with van der Waals surface area (Å²) >= 11 is 1.64. The fourth-order valence-corrected chi connectivity index (χ4v) is 5.79. The zero-order chi connectivity index (χ0) is 24.1. The Kier molecular flexibility index (Phi) is 5.18. The maximum Gasteiger partial charge on any atom is 0.349 e. The second kappa shape index (κ2) is 8.39. The van der Waals surface area contributed by atoms with E-state index in [9.17, 15) is 9.59 Å². The number of aromatic nitrogens is 1. The number of fused-ring (bicyclic) bond motifs is 4. The van der Waals surface area contributed by atoms with Gasteiger partial charge in [-0.3, -0.25) is 4.79 Å². The van der Waals surface area contributed by atoms with Gasteiger partial charge in [0.05, 0.1) is 11.8 Å². The number of rotatable bonds is 3. The molecular weight excluding hydrogens is 462 g/mol. The Morgan fingerprint density at radius 3 is 2.63 bits per heavy atom. The number of ether oxygens (including phenoxy) is 1. The molecule has 8 heteroatoms. The van der Waals surface area contributed by atoms with Crippen molar-refractivity contribution in [3.05, 3.63) is 76.1 Å². The van der Waals surface area contributed by atoms with Crippen LogP contribution < -0.4 is 15.3 Å². The molecule has 5 aromatic rings. The minimum atomic E-state index is -0.603. The molecule has 0 N–H and O–H groups in total. The summed E-state index contributed by atoms with van der Waals surface area (Å²) in [6, 6.07) is 17.2. The van der Waals surface area contributed by atoms with Gasteiger partial charge in [0.15, 0.2) is 5.13 Å². The van der Waals surface area contributed by atoms with Gasteiger partial charge in [0.2, 0.25) is 0 Å². The monoisotopic (exact) mass is 485 g/mol. The third-order valence-electron chi connectivity index (χ3n) is 6.62. The number of hydrogen-bond acceptors (Lipinski definition) is 7. The Balaban J connectivity index is 1.26. The average molecular weight is 486 g/mol. The lowest BCUT2D eigenvalue weighted by atomic mass is 10.0. The molecule has 0 saturated carbocycles. The van der Waals surface area contributed by atoms with Gasteiger partial charge in [-0.05, 0) is 41.5 Å². The van der Waals surface area contributed by atoms with Gasteiger partial charge in [-0.15, -0.1) is 0 Å². The Bertz CT molecular complexity index is 1660. The summed E-state index contributed by atoms with van der Waals surface area (Å²) in [5, 5.41) is 3.66. The number of nitrogens with zero attached hydrogens (tertiary/aromatic N) is 3. The van der Waals surface area contributed by atoms with Crippen LogP contribution in [0.3, 0.4) is 0 Å². The lowest BCUT2D eigenvalue weighted by molar-refractivity contribution is 0.0742. The number of amides is 1. The molecule has 1 fully saturated rings. The Morgan fingerprint density at radius 1 is 1.03 bits per heavy atom. The van der Waals surface area contributed by atoms with Gasteiger partial charge in [0.1, 0.15) is 22.4 Å². The lowest BCUT2D eigenvalue weighted by Crippen LogP contribution is -2.49. The predicted octanol–water partition coefficient (Wildman–Crippen LogP) is 4.84. The smallest absolute Gasteiger partial charge is 0.349 e. The van der Waals surface area contributed by atoms with E-state index in [1.807, 2.05) is 42.5 Å². The average Bonchev–Trinajstić information content (AvgIpc) is 3.35. The van der Waals surface area contributed by atoms with Crippen molar-refractivity contribution < 1.29 is 13.9 Å². The molecule has 1 amide bonds. The molecule has 1 aliphatic heterocycles. The van der Waals surface area contributed by atoms with E-state index >= 15 is 0 Å². The van der Waals surface area contributed by atoms with E-state index in [2.05, 4.69) is 11.8 Å². The van der Waals surface area contributed by atoms with Crippen LogP contribution in [0.15, 0.2) is 63.8 Å². The van der Waals surface area contributed by atoms with Crippen molar-refractivity contribution in [2.75, 3.05) is 38.2 Å². The molecule has 0 atom stereocenters. The third kappa shape index (κ3) is 3.61. The summed E-state index contributed by atoms with van der Waals surface area (Å²) in [5.74, 6) is 0.465. The molecular formula is C27H23N3O4S. The Labute approximate surface area is 205 Å². The minimum absolute atomic E-state index is 0.0719. The first kappa shape index (κ1) is 21.6. The van der Waals surface area contributed by atoms with Gasteiger partial charge in [-0.25, -0.2) is 9.78 Å². The molecule has 0 radical (unpaired) electrons. The van der Waals surface area contributed by atoms with Gasteiger partial charge < -0.3 is 19.0 Å². The molecule has 0 spiro atoms. The van der Waals surface area contributed by atoms with Crippen LogP contribution in [0.5, 0.6) is 5.75 Å². The van der Waals surface area contributed by atoms with E-state index in [4.69, 9.17) is 14.1 Å². The number of piperazine rings is 1. The second-order valence-corrected chi connectivity index (χ2v) is 9.66.